The molecular weight excluding hydrogens is 456 g/mol. The molecule has 0 bridgehead atoms. The first-order valence-electron chi connectivity index (χ1n) is 11.2. The molecule has 0 aliphatic rings. The first-order valence-corrected chi connectivity index (χ1v) is 11.2. The van der Waals surface area contributed by atoms with Crippen molar-refractivity contribution < 1.29 is 14.4 Å². The van der Waals surface area contributed by atoms with E-state index in [1.807, 2.05) is 23.1 Å². The Balaban J connectivity index is 1.86. The van der Waals surface area contributed by atoms with E-state index < -0.39 is 11.8 Å². The van der Waals surface area contributed by atoms with Crippen molar-refractivity contribution in [2.75, 3.05) is 18.5 Å². The molecule has 3 rings (SSSR count). The maximum atomic E-state index is 12.9. The Morgan fingerprint density at radius 1 is 1.17 bits per heavy atom. The van der Waals surface area contributed by atoms with Crippen molar-refractivity contribution in [3.05, 3.63) is 89.2 Å². The maximum absolute atomic E-state index is 12.9. The quantitative estimate of drug-likeness (QED) is 0.258. The number of aliphatic imine (C=N–C) groups is 1. The van der Waals surface area contributed by atoms with Crippen molar-refractivity contribution in [2.45, 2.75) is 19.3 Å². The molecule has 0 aliphatic carbocycles. The van der Waals surface area contributed by atoms with Gasteiger partial charge in [-0.1, -0.05) is 13.0 Å². The van der Waals surface area contributed by atoms with Gasteiger partial charge >= 0.3 is 0 Å². The van der Waals surface area contributed by atoms with Gasteiger partial charge in [-0.05, 0) is 54.1 Å². The van der Waals surface area contributed by atoms with E-state index in [0.29, 0.717) is 34.6 Å². The highest BCUT2D eigenvalue weighted by molar-refractivity contribution is 6.02. The zero-order chi connectivity index (χ0) is 26.1. The average Bonchev–Trinajstić information content (AvgIpc) is 2.91. The summed E-state index contributed by atoms with van der Waals surface area (Å²) < 4.78 is 0. The number of Topliss-reactive ketones (excluding diaryl/α,β-unsaturated/α-hetero) is 1. The number of anilines is 1. The number of benzene rings is 2. The van der Waals surface area contributed by atoms with E-state index in [9.17, 15) is 14.4 Å². The number of nitrogens with zero attached hydrogens (tertiary/aromatic N) is 4. The first kappa shape index (κ1) is 25.8. The molecule has 182 valence electrons. The standard InChI is InChI=1S/C27H26N6O3/c1-18(26(35)22-4-3-12-30-16-22)21-9-10-24(33(2)13-11-25(29)34)23(14-21)31-17-32-27(36)20-7-5-19(15-28)6-8-20/h3-10,12,14,16-18H,11,13H2,1-2H3,(H2,29,34)(H,31,32,36). The summed E-state index contributed by atoms with van der Waals surface area (Å²) in [5.74, 6) is -1.35. The number of pyridine rings is 1. The number of carbonyl (C=O) groups excluding carboxylic acids is 3. The second kappa shape index (κ2) is 12.0. The summed E-state index contributed by atoms with van der Waals surface area (Å²) >= 11 is 0. The van der Waals surface area contributed by atoms with Crippen LogP contribution in [0.3, 0.4) is 0 Å². The SMILES string of the molecule is CC(C(=O)c1cccnc1)c1ccc(N(C)CCC(N)=O)c(N=CNC(=O)c2ccc(C#N)cc2)c1. The number of primary amides is 1. The molecule has 0 saturated carbocycles. The van der Waals surface area contributed by atoms with Gasteiger partial charge in [0.1, 0.15) is 0 Å². The van der Waals surface area contributed by atoms with Gasteiger partial charge in [0.2, 0.25) is 5.91 Å². The van der Waals surface area contributed by atoms with E-state index in [0.717, 1.165) is 5.56 Å². The highest BCUT2D eigenvalue weighted by atomic mass is 16.2. The fourth-order valence-corrected chi connectivity index (χ4v) is 3.48. The molecule has 0 spiro atoms. The van der Waals surface area contributed by atoms with Gasteiger partial charge in [-0.3, -0.25) is 19.4 Å². The van der Waals surface area contributed by atoms with E-state index in [1.165, 1.54) is 12.5 Å². The molecule has 3 N–H and O–H groups in total. The molecule has 0 saturated heterocycles. The van der Waals surface area contributed by atoms with Gasteiger partial charge in [-0.15, -0.1) is 0 Å². The third-order valence-electron chi connectivity index (χ3n) is 5.62. The number of hydrogen-bond donors (Lipinski definition) is 2. The lowest BCUT2D eigenvalue weighted by molar-refractivity contribution is -0.117. The Labute approximate surface area is 209 Å². The molecule has 2 aromatic carbocycles. The van der Waals surface area contributed by atoms with Gasteiger partial charge < -0.3 is 16.0 Å². The third-order valence-corrected chi connectivity index (χ3v) is 5.62. The number of hydrogen-bond acceptors (Lipinski definition) is 7. The third kappa shape index (κ3) is 6.61. The summed E-state index contributed by atoms with van der Waals surface area (Å²) in [5, 5.41) is 11.5. The average molecular weight is 483 g/mol. The lowest BCUT2D eigenvalue weighted by atomic mass is 9.92. The van der Waals surface area contributed by atoms with E-state index in [-0.39, 0.29) is 18.1 Å². The van der Waals surface area contributed by atoms with Crippen LogP contribution in [0.25, 0.3) is 0 Å². The van der Waals surface area contributed by atoms with Crippen LogP contribution in [0.2, 0.25) is 0 Å². The summed E-state index contributed by atoms with van der Waals surface area (Å²) in [6.07, 6.45) is 4.57. The minimum atomic E-state index is -0.457. The molecule has 3 aromatic rings. The van der Waals surface area contributed by atoms with Crippen LogP contribution < -0.4 is 16.0 Å². The Morgan fingerprint density at radius 3 is 2.56 bits per heavy atom. The molecule has 2 amide bonds. The molecule has 1 aromatic heterocycles. The smallest absolute Gasteiger partial charge is 0.256 e. The molecule has 1 atom stereocenters. The summed E-state index contributed by atoms with van der Waals surface area (Å²) in [6, 6.07) is 17.1. The van der Waals surface area contributed by atoms with Gasteiger partial charge in [-0.2, -0.15) is 5.26 Å². The summed E-state index contributed by atoms with van der Waals surface area (Å²) in [4.78, 5) is 46.9. The van der Waals surface area contributed by atoms with Crippen LogP contribution in [0.1, 0.15) is 51.1 Å². The van der Waals surface area contributed by atoms with Crippen LogP contribution in [-0.4, -0.2) is 42.5 Å². The van der Waals surface area contributed by atoms with E-state index in [1.54, 1.807) is 62.6 Å². The Hall–Kier alpha value is -4.84. The molecule has 0 fully saturated rings. The lowest BCUT2D eigenvalue weighted by Crippen LogP contribution is -2.24. The highest BCUT2D eigenvalue weighted by Crippen LogP contribution is 2.32. The van der Waals surface area contributed by atoms with Gasteiger partial charge in [0, 0.05) is 49.5 Å². The number of amides is 2. The first-order chi connectivity index (χ1) is 17.3. The Morgan fingerprint density at radius 2 is 1.92 bits per heavy atom. The fourth-order valence-electron chi connectivity index (χ4n) is 3.48. The predicted molar refractivity (Wildman–Crippen MR) is 137 cm³/mol. The normalized spacial score (nSPS) is 11.5. The van der Waals surface area contributed by atoms with Gasteiger partial charge in [0.25, 0.3) is 5.91 Å². The van der Waals surface area contributed by atoms with Crippen molar-refractivity contribution in [2.24, 2.45) is 10.7 Å². The zero-order valence-electron chi connectivity index (χ0n) is 20.0. The lowest BCUT2D eigenvalue weighted by Gasteiger charge is -2.22. The minimum absolute atomic E-state index is 0.0815. The minimum Gasteiger partial charge on any atom is -0.372 e. The van der Waals surface area contributed by atoms with Crippen molar-refractivity contribution >= 4 is 35.3 Å². The molecule has 0 radical (unpaired) electrons. The predicted octanol–water partition coefficient (Wildman–Crippen LogP) is 3.34. The van der Waals surface area contributed by atoms with Crippen LogP contribution in [0.4, 0.5) is 11.4 Å². The summed E-state index contributed by atoms with van der Waals surface area (Å²) in [6.45, 7) is 2.18. The number of aromatic nitrogens is 1. The molecule has 9 heteroatoms. The number of nitrogens with one attached hydrogen (secondary N) is 1. The molecule has 0 aliphatic heterocycles. The summed E-state index contributed by atoms with van der Waals surface area (Å²) in [5.41, 5.74) is 8.57. The van der Waals surface area contributed by atoms with Crippen LogP contribution in [0, 0.1) is 11.3 Å². The molecule has 9 nitrogen and oxygen atoms in total. The Bertz CT molecular complexity index is 1310. The highest BCUT2D eigenvalue weighted by Gasteiger charge is 2.19. The van der Waals surface area contributed by atoms with Crippen LogP contribution in [0.15, 0.2) is 72.0 Å². The van der Waals surface area contributed by atoms with E-state index >= 15 is 0 Å². The van der Waals surface area contributed by atoms with Crippen LogP contribution in [0.5, 0.6) is 0 Å². The van der Waals surface area contributed by atoms with Gasteiger partial charge in [0.15, 0.2) is 5.78 Å². The van der Waals surface area contributed by atoms with E-state index in [2.05, 4.69) is 15.3 Å². The monoisotopic (exact) mass is 482 g/mol. The van der Waals surface area contributed by atoms with Crippen LogP contribution in [-0.2, 0) is 4.79 Å². The van der Waals surface area contributed by atoms with Crippen molar-refractivity contribution in [3.63, 3.8) is 0 Å². The van der Waals surface area contributed by atoms with Crippen molar-refractivity contribution in [1.29, 1.82) is 5.26 Å². The second-order valence-electron chi connectivity index (χ2n) is 8.13. The van der Waals surface area contributed by atoms with Crippen LogP contribution >= 0.6 is 0 Å². The van der Waals surface area contributed by atoms with Gasteiger partial charge in [-0.25, -0.2) is 4.99 Å². The number of ketones is 1. The van der Waals surface area contributed by atoms with Crippen molar-refractivity contribution in [1.82, 2.24) is 10.3 Å². The molecule has 36 heavy (non-hydrogen) atoms. The fraction of sp³-hybridized carbons (Fsp3) is 0.185. The number of nitriles is 1. The number of nitrogens with two attached hydrogens (primary N) is 1. The molecular formula is C27H26N6O3. The van der Waals surface area contributed by atoms with Gasteiger partial charge in [0.05, 0.1) is 29.3 Å². The second-order valence-corrected chi connectivity index (χ2v) is 8.13. The number of rotatable bonds is 10. The molecule has 1 unspecified atom stereocenters. The Kier molecular flexibility index (Phi) is 8.62. The zero-order valence-corrected chi connectivity index (χ0v) is 20.0. The maximum Gasteiger partial charge on any atom is 0.256 e. The molecule has 1 heterocycles. The summed E-state index contributed by atoms with van der Waals surface area (Å²) in [7, 11) is 1.80. The van der Waals surface area contributed by atoms with E-state index in [4.69, 9.17) is 11.0 Å². The largest absolute Gasteiger partial charge is 0.372 e. The van der Waals surface area contributed by atoms with Crippen molar-refractivity contribution in [3.8, 4) is 6.07 Å². The number of carbonyl (C=O) groups is 3. The topological polar surface area (TPSA) is 142 Å².